The Labute approximate surface area is 125 Å². The lowest BCUT2D eigenvalue weighted by Crippen LogP contribution is -2.20. The van der Waals surface area contributed by atoms with Gasteiger partial charge >= 0.3 is 0 Å². The van der Waals surface area contributed by atoms with Crippen molar-refractivity contribution in [2.75, 3.05) is 19.1 Å². The third-order valence-corrected chi connectivity index (χ3v) is 3.39. The largest absolute Gasteiger partial charge is 0.497 e. The normalized spacial score (nSPS) is 12.0. The molecule has 0 amide bonds. The Morgan fingerprint density at radius 2 is 2.00 bits per heavy atom. The van der Waals surface area contributed by atoms with Crippen LogP contribution < -0.4 is 15.4 Å². The summed E-state index contributed by atoms with van der Waals surface area (Å²) in [5.41, 5.74) is 8.69. The first kappa shape index (κ1) is 15.3. The molecule has 0 spiro atoms. The third-order valence-electron chi connectivity index (χ3n) is 3.39. The molecule has 2 aromatic rings. The second-order valence-electron chi connectivity index (χ2n) is 5.21. The lowest BCUT2D eigenvalue weighted by Gasteiger charge is -2.24. The Bertz CT molecular complexity index is 613. The van der Waals surface area contributed by atoms with Crippen LogP contribution in [0.5, 0.6) is 5.75 Å². The van der Waals surface area contributed by atoms with Gasteiger partial charge in [-0.25, -0.2) is 4.39 Å². The van der Waals surface area contributed by atoms with Crippen LogP contribution in [0.25, 0.3) is 0 Å². The molecule has 0 saturated heterocycles. The first-order valence-corrected chi connectivity index (χ1v) is 6.93. The van der Waals surface area contributed by atoms with Gasteiger partial charge < -0.3 is 15.4 Å². The summed E-state index contributed by atoms with van der Waals surface area (Å²) in [5, 5.41) is 0. The fourth-order valence-corrected chi connectivity index (χ4v) is 2.35. The van der Waals surface area contributed by atoms with E-state index in [9.17, 15) is 4.39 Å². The van der Waals surface area contributed by atoms with Crippen LogP contribution in [0.15, 0.2) is 42.5 Å². The van der Waals surface area contributed by atoms with Crippen LogP contribution in [-0.2, 0) is 6.42 Å². The van der Waals surface area contributed by atoms with Gasteiger partial charge in [0.25, 0.3) is 0 Å². The van der Waals surface area contributed by atoms with Gasteiger partial charge in [0.15, 0.2) is 0 Å². The zero-order valence-electron chi connectivity index (χ0n) is 12.6. The highest BCUT2D eigenvalue weighted by Crippen LogP contribution is 2.30. The minimum atomic E-state index is -0.242. The number of hydrogen-bond acceptors (Lipinski definition) is 3. The van der Waals surface area contributed by atoms with E-state index in [4.69, 9.17) is 10.5 Å². The van der Waals surface area contributed by atoms with E-state index < -0.39 is 0 Å². The molecule has 0 saturated carbocycles. The quantitative estimate of drug-likeness (QED) is 0.915. The van der Waals surface area contributed by atoms with Gasteiger partial charge in [0.2, 0.25) is 0 Å². The number of hydrogen-bond donors (Lipinski definition) is 1. The highest BCUT2D eigenvalue weighted by molar-refractivity contribution is 5.67. The molecule has 0 aromatic heterocycles. The maximum absolute atomic E-state index is 13.5. The molecule has 0 bridgehead atoms. The SMILES string of the molecule is COc1cccc(N(C)c2ccc(F)cc2CC(C)N)c1. The molecule has 1 atom stereocenters. The maximum Gasteiger partial charge on any atom is 0.123 e. The molecule has 0 heterocycles. The molecule has 0 aliphatic heterocycles. The van der Waals surface area contributed by atoms with Gasteiger partial charge in [0.05, 0.1) is 7.11 Å². The Morgan fingerprint density at radius 1 is 1.24 bits per heavy atom. The van der Waals surface area contributed by atoms with Crippen molar-refractivity contribution in [2.24, 2.45) is 5.73 Å². The molecule has 4 heteroatoms. The predicted molar refractivity (Wildman–Crippen MR) is 84.8 cm³/mol. The van der Waals surface area contributed by atoms with E-state index in [1.165, 1.54) is 6.07 Å². The standard InChI is InChI=1S/C17H21FN2O/c1-12(19)9-13-10-14(18)7-8-17(13)20(2)15-5-4-6-16(11-15)21-3/h4-8,10-12H,9,19H2,1-3H3. The maximum atomic E-state index is 13.5. The van der Waals surface area contributed by atoms with Crippen LogP contribution in [0.2, 0.25) is 0 Å². The lowest BCUT2D eigenvalue weighted by atomic mass is 10.0. The summed E-state index contributed by atoms with van der Waals surface area (Å²) >= 11 is 0. The third kappa shape index (κ3) is 3.73. The van der Waals surface area contributed by atoms with E-state index in [0.717, 1.165) is 22.7 Å². The molecule has 3 nitrogen and oxygen atoms in total. The van der Waals surface area contributed by atoms with Crippen molar-refractivity contribution in [3.8, 4) is 5.75 Å². The summed E-state index contributed by atoms with van der Waals surface area (Å²) in [6.07, 6.45) is 0.626. The molecular formula is C17H21FN2O. The smallest absolute Gasteiger partial charge is 0.123 e. The van der Waals surface area contributed by atoms with Gasteiger partial charge in [-0.15, -0.1) is 0 Å². The number of benzene rings is 2. The van der Waals surface area contributed by atoms with Crippen molar-refractivity contribution in [3.63, 3.8) is 0 Å². The Balaban J connectivity index is 2.39. The van der Waals surface area contributed by atoms with E-state index in [1.807, 2.05) is 43.1 Å². The Morgan fingerprint density at radius 3 is 2.67 bits per heavy atom. The summed E-state index contributed by atoms with van der Waals surface area (Å²) in [5.74, 6) is 0.545. The Kier molecular flexibility index (Phi) is 4.81. The van der Waals surface area contributed by atoms with Crippen molar-refractivity contribution in [3.05, 3.63) is 53.8 Å². The Hall–Kier alpha value is -2.07. The number of ether oxygens (including phenoxy) is 1. The number of nitrogens with zero attached hydrogens (tertiary/aromatic N) is 1. The zero-order valence-corrected chi connectivity index (χ0v) is 12.6. The van der Waals surface area contributed by atoms with Gasteiger partial charge in [-0.2, -0.15) is 0 Å². The molecule has 2 N–H and O–H groups in total. The summed E-state index contributed by atoms with van der Waals surface area (Å²) in [6.45, 7) is 1.92. The van der Waals surface area contributed by atoms with Gasteiger partial charge in [-0.05, 0) is 49.2 Å². The second kappa shape index (κ2) is 6.59. The molecule has 112 valence electrons. The molecule has 0 aliphatic rings. The molecule has 21 heavy (non-hydrogen) atoms. The second-order valence-corrected chi connectivity index (χ2v) is 5.21. The lowest BCUT2D eigenvalue weighted by molar-refractivity contribution is 0.415. The summed E-state index contributed by atoms with van der Waals surface area (Å²) in [4.78, 5) is 2.01. The highest BCUT2D eigenvalue weighted by Gasteiger charge is 2.12. The van der Waals surface area contributed by atoms with Crippen LogP contribution in [0, 0.1) is 5.82 Å². The van der Waals surface area contributed by atoms with Crippen LogP contribution in [0.4, 0.5) is 15.8 Å². The first-order chi connectivity index (χ1) is 10.0. The predicted octanol–water partition coefficient (Wildman–Crippen LogP) is 3.49. The molecule has 2 rings (SSSR count). The van der Waals surface area contributed by atoms with E-state index in [1.54, 1.807) is 19.2 Å². The van der Waals surface area contributed by atoms with Gasteiger partial charge in [0, 0.05) is 30.5 Å². The van der Waals surface area contributed by atoms with Crippen molar-refractivity contribution < 1.29 is 9.13 Å². The van der Waals surface area contributed by atoms with Crippen LogP contribution in [0.1, 0.15) is 12.5 Å². The molecule has 0 radical (unpaired) electrons. The minimum absolute atomic E-state index is 0.0238. The number of anilines is 2. The number of methoxy groups -OCH3 is 1. The molecular weight excluding hydrogens is 267 g/mol. The van der Waals surface area contributed by atoms with E-state index in [2.05, 4.69) is 0 Å². The number of rotatable bonds is 5. The van der Waals surface area contributed by atoms with Crippen LogP contribution >= 0.6 is 0 Å². The van der Waals surface area contributed by atoms with Gasteiger partial charge in [-0.3, -0.25) is 0 Å². The average Bonchev–Trinajstić information content (AvgIpc) is 2.46. The molecule has 1 unspecified atom stereocenters. The summed E-state index contributed by atoms with van der Waals surface area (Å²) < 4.78 is 18.8. The molecule has 0 aliphatic carbocycles. The topological polar surface area (TPSA) is 38.5 Å². The van der Waals surface area contributed by atoms with Gasteiger partial charge in [0.1, 0.15) is 11.6 Å². The molecule has 2 aromatic carbocycles. The van der Waals surface area contributed by atoms with Crippen LogP contribution in [-0.4, -0.2) is 20.2 Å². The fraction of sp³-hybridized carbons (Fsp3) is 0.294. The number of halogens is 1. The monoisotopic (exact) mass is 288 g/mol. The van der Waals surface area contributed by atoms with Crippen molar-refractivity contribution in [1.29, 1.82) is 0 Å². The van der Waals surface area contributed by atoms with Crippen molar-refractivity contribution in [1.82, 2.24) is 0 Å². The molecule has 0 fully saturated rings. The van der Waals surface area contributed by atoms with E-state index >= 15 is 0 Å². The zero-order chi connectivity index (χ0) is 15.4. The van der Waals surface area contributed by atoms with E-state index in [-0.39, 0.29) is 11.9 Å². The van der Waals surface area contributed by atoms with Crippen LogP contribution in [0.3, 0.4) is 0 Å². The van der Waals surface area contributed by atoms with E-state index in [0.29, 0.717) is 6.42 Å². The fourth-order valence-electron chi connectivity index (χ4n) is 2.35. The van der Waals surface area contributed by atoms with Crippen molar-refractivity contribution in [2.45, 2.75) is 19.4 Å². The summed E-state index contributed by atoms with van der Waals surface area (Å²) in [7, 11) is 3.59. The highest BCUT2D eigenvalue weighted by atomic mass is 19.1. The first-order valence-electron chi connectivity index (χ1n) is 6.93. The minimum Gasteiger partial charge on any atom is -0.497 e. The van der Waals surface area contributed by atoms with Gasteiger partial charge in [-0.1, -0.05) is 6.07 Å². The average molecular weight is 288 g/mol. The number of nitrogens with two attached hydrogens (primary N) is 1. The summed E-state index contributed by atoms with van der Waals surface area (Å²) in [6, 6.07) is 12.5. The van der Waals surface area contributed by atoms with Crippen molar-refractivity contribution >= 4 is 11.4 Å².